The second kappa shape index (κ2) is 5.15. The fourth-order valence-electron chi connectivity index (χ4n) is 2.13. The maximum atomic E-state index is 11.7. The molecule has 3 heteroatoms. The molecule has 17 heavy (non-hydrogen) atoms. The van der Waals surface area contributed by atoms with Crippen molar-refractivity contribution in [3.8, 4) is 0 Å². The molecule has 2 rings (SSSR count). The van der Waals surface area contributed by atoms with Crippen LogP contribution in [0.2, 0.25) is 0 Å². The van der Waals surface area contributed by atoms with Crippen molar-refractivity contribution in [2.24, 2.45) is 5.73 Å². The van der Waals surface area contributed by atoms with Gasteiger partial charge in [-0.1, -0.05) is 25.5 Å². The number of para-hydroxylation sites is 1. The van der Waals surface area contributed by atoms with Crippen LogP contribution in [0.1, 0.15) is 19.8 Å². The highest BCUT2D eigenvalue weighted by Gasteiger charge is 2.05. The Hall–Kier alpha value is -1.61. The van der Waals surface area contributed by atoms with Gasteiger partial charge in [-0.05, 0) is 18.6 Å². The van der Waals surface area contributed by atoms with E-state index >= 15 is 0 Å². The first-order valence-corrected chi connectivity index (χ1v) is 6.06. The summed E-state index contributed by atoms with van der Waals surface area (Å²) in [7, 11) is 0. The highest BCUT2D eigenvalue weighted by Crippen LogP contribution is 2.10. The number of nitrogens with zero attached hydrogens (tertiary/aromatic N) is 1. The molecule has 0 amide bonds. The molecular weight excluding hydrogens is 212 g/mol. The van der Waals surface area contributed by atoms with Gasteiger partial charge in [0.15, 0.2) is 5.43 Å². The van der Waals surface area contributed by atoms with E-state index in [0.29, 0.717) is 0 Å². The number of fused-ring (bicyclic) bond motifs is 1. The molecular formula is C14H18N2O. The average molecular weight is 230 g/mol. The third kappa shape index (κ3) is 2.56. The molecule has 2 aromatic rings. The first-order chi connectivity index (χ1) is 8.22. The van der Waals surface area contributed by atoms with Gasteiger partial charge in [0.25, 0.3) is 0 Å². The molecule has 1 aromatic carbocycles. The molecule has 2 N–H and O–H groups in total. The van der Waals surface area contributed by atoms with Gasteiger partial charge in [0, 0.05) is 30.2 Å². The first kappa shape index (κ1) is 11.9. The molecule has 0 spiro atoms. The normalized spacial score (nSPS) is 12.8. The fourth-order valence-corrected chi connectivity index (χ4v) is 2.13. The second-order valence-electron chi connectivity index (χ2n) is 4.40. The Labute approximate surface area is 101 Å². The summed E-state index contributed by atoms with van der Waals surface area (Å²) < 4.78 is 2.07. The molecule has 0 saturated heterocycles. The van der Waals surface area contributed by atoms with Crippen LogP contribution >= 0.6 is 0 Å². The van der Waals surface area contributed by atoms with Crippen molar-refractivity contribution in [2.45, 2.75) is 32.4 Å². The van der Waals surface area contributed by atoms with Crippen LogP contribution in [-0.4, -0.2) is 10.6 Å². The van der Waals surface area contributed by atoms with E-state index in [9.17, 15) is 4.79 Å². The van der Waals surface area contributed by atoms with Crippen LogP contribution in [0.5, 0.6) is 0 Å². The van der Waals surface area contributed by atoms with E-state index in [1.807, 2.05) is 30.5 Å². The van der Waals surface area contributed by atoms with Crippen molar-refractivity contribution >= 4 is 10.9 Å². The predicted molar refractivity (Wildman–Crippen MR) is 71.1 cm³/mol. The zero-order chi connectivity index (χ0) is 12.3. The van der Waals surface area contributed by atoms with E-state index in [1.54, 1.807) is 6.07 Å². The number of nitrogens with two attached hydrogens (primary N) is 1. The van der Waals surface area contributed by atoms with Crippen LogP contribution in [0.3, 0.4) is 0 Å². The van der Waals surface area contributed by atoms with Crippen molar-refractivity contribution in [1.82, 2.24) is 4.57 Å². The number of hydrogen-bond donors (Lipinski definition) is 1. The summed E-state index contributed by atoms with van der Waals surface area (Å²) >= 11 is 0. The summed E-state index contributed by atoms with van der Waals surface area (Å²) in [5.74, 6) is 0. The van der Waals surface area contributed by atoms with Crippen molar-refractivity contribution in [1.29, 1.82) is 0 Å². The van der Waals surface area contributed by atoms with Gasteiger partial charge in [0.05, 0.1) is 5.52 Å². The highest BCUT2D eigenvalue weighted by molar-refractivity contribution is 5.78. The van der Waals surface area contributed by atoms with Crippen molar-refractivity contribution < 1.29 is 0 Å². The molecule has 1 atom stereocenters. The number of pyridine rings is 1. The Bertz CT molecular complexity index is 559. The van der Waals surface area contributed by atoms with Crippen LogP contribution in [0, 0.1) is 0 Å². The Morgan fingerprint density at radius 3 is 2.82 bits per heavy atom. The summed E-state index contributed by atoms with van der Waals surface area (Å²) in [5.41, 5.74) is 7.08. The van der Waals surface area contributed by atoms with E-state index < -0.39 is 0 Å². The highest BCUT2D eigenvalue weighted by atomic mass is 16.1. The molecule has 0 aliphatic rings. The molecule has 0 aliphatic heterocycles. The molecule has 0 saturated carbocycles. The van der Waals surface area contributed by atoms with Gasteiger partial charge in [-0.3, -0.25) is 4.79 Å². The van der Waals surface area contributed by atoms with Crippen molar-refractivity contribution in [3.63, 3.8) is 0 Å². The van der Waals surface area contributed by atoms with E-state index in [-0.39, 0.29) is 11.5 Å². The van der Waals surface area contributed by atoms with E-state index in [0.717, 1.165) is 30.3 Å². The summed E-state index contributed by atoms with van der Waals surface area (Å²) in [6, 6.07) is 9.42. The largest absolute Gasteiger partial charge is 0.346 e. The quantitative estimate of drug-likeness (QED) is 0.874. The molecule has 1 heterocycles. The first-order valence-electron chi connectivity index (χ1n) is 6.06. The lowest BCUT2D eigenvalue weighted by Gasteiger charge is -2.15. The third-order valence-corrected chi connectivity index (χ3v) is 2.98. The fraction of sp³-hybridized carbons (Fsp3) is 0.357. The predicted octanol–water partition coefficient (Wildman–Crippen LogP) is 2.13. The Kier molecular flexibility index (Phi) is 3.59. The third-order valence-electron chi connectivity index (χ3n) is 2.98. The second-order valence-corrected chi connectivity index (χ2v) is 4.40. The topological polar surface area (TPSA) is 48.0 Å². The number of hydrogen-bond acceptors (Lipinski definition) is 2. The van der Waals surface area contributed by atoms with Crippen molar-refractivity contribution in [2.75, 3.05) is 0 Å². The van der Waals surface area contributed by atoms with Crippen LogP contribution in [0.25, 0.3) is 10.9 Å². The minimum Gasteiger partial charge on any atom is -0.346 e. The van der Waals surface area contributed by atoms with Gasteiger partial charge in [0.2, 0.25) is 0 Å². The average Bonchev–Trinajstić information content (AvgIpc) is 2.34. The maximum Gasteiger partial charge on any atom is 0.189 e. The minimum atomic E-state index is 0.0703. The molecule has 1 aromatic heterocycles. The van der Waals surface area contributed by atoms with Gasteiger partial charge < -0.3 is 10.3 Å². The summed E-state index contributed by atoms with van der Waals surface area (Å²) in [4.78, 5) is 11.7. The smallest absolute Gasteiger partial charge is 0.189 e. The van der Waals surface area contributed by atoms with Crippen LogP contribution < -0.4 is 11.2 Å². The number of rotatable bonds is 4. The molecule has 0 fully saturated rings. The molecule has 0 aliphatic carbocycles. The van der Waals surface area contributed by atoms with E-state index in [4.69, 9.17) is 5.73 Å². The number of aromatic nitrogens is 1. The summed E-state index contributed by atoms with van der Waals surface area (Å²) in [6.45, 7) is 2.89. The summed E-state index contributed by atoms with van der Waals surface area (Å²) in [5, 5.41) is 0.763. The SMILES string of the molecule is CCCC(N)Cn1ccc(=O)c2ccccc21. The Balaban J connectivity index is 2.41. The van der Waals surface area contributed by atoms with E-state index in [2.05, 4.69) is 11.5 Å². The standard InChI is InChI=1S/C14H18N2O/c1-2-5-11(15)10-16-9-8-14(17)12-6-3-4-7-13(12)16/h3-4,6-9,11H,2,5,10,15H2,1H3. The zero-order valence-electron chi connectivity index (χ0n) is 10.1. The van der Waals surface area contributed by atoms with Gasteiger partial charge >= 0.3 is 0 Å². The molecule has 90 valence electrons. The Morgan fingerprint density at radius 1 is 1.29 bits per heavy atom. The van der Waals surface area contributed by atoms with Gasteiger partial charge in [0.1, 0.15) is 0 Å². The molecule has 3 nitrogen and oxygen atoms in total. The lowest BCUT2D eigenvalue weighted by molar-refractivity contribution is 0.521. The monoisotopic (exact) mass is 230 g/mol. The zero-order valence-corrected chi connectivity index (χ0v) is 10.1. The lowest BCUT2D eigenvalue weighted by Crippen LogP contribution is -2.26. The van der Waals surface area contributed by atoms with Crippen molar-refractivity contribution in [3.05, 3.63) is 46.8 Å². The van der Waals surface area contributed by atoms with Gasteiger partial charge in [-0.2, -0.15) is 0 Å². The minimum absolute atomic E-state index is 0.0703. The van der Waals surface area contributed by atoms with Gasteiger partial charge in [-0.15, -0.1) is 0 Å². The molecule has 0 radical (unpaired) electrons. The summed E-state index contributed by atoms with van der Waals surface area (Å²) in [6.07, 6.45) is 3.92. The van der Waals surface area contributed by atoms with Crippen LogP contribution in [-0.2, 0) is 6.54 Å². The number of benzene rings is 1. The Morgan fingerprint density at radius 2 is 2.06 bits per heavy atom. The lowest BCUT2D eigenvalue weighted by atomic mass is 10.1. The van der Waals surface area contributed by atoms with E-state index in [1.165, 1.54) is 0 Å². The maximum absolute atomic E-state index is 11.7. The van der Waals surface area contributed by atoms with Crippen LogP contribution in [0.15, 0.2) is 41.3 Å². The molecule has 0 bridgehead atoms. The van der Waals surface area contributed by atoms with Gasteiger partial charge in [-0.25, -0.2) is 0 Å². The molecule has 1 unspecified atom stereocenters. The van der Waals surface area contributed by atoms with Crippen LogP contribution in [0.4, 0.5) is 0 Å².